The van der Waals surface area contributed by atoms with E-state index in [9.17, 15) is 14.9 Å². The molecule has 1 aromatic rings. The predicted molar refractivity (Wildman–Crippen MR) is 80.9 cm³/mol. The Labute approximate surface area is 128 Å². The standard InChI is InChI=1S/C15H19N3O4/c19-15(14-6-3-11-22-14)17-9-7-16(8-10-17)12-4-1-2-5-13(12)18(20)21/h1-2,4-5,14H,3,6-11H2. The summed E-state index contributed by atoms with van der Waals surface area (Å²) >= 11 is 0. The van der Waals surface area contributed by atoms with Crippen molar-refractivity contribution in [1.29, 1.82) is 0 Å². The number of rotatable bonds is 3. The number of anilines is 1. The Morgan fingerprint density at radius 3 is 2.59 bits per heavy atom. The van der Waals surface area contributed by atoms with E-state index in [1.807, 2.05) is 4.90 Å². The van der Waals surface area contributed by atoms with Crippen LogP contribution in [-0.4, -0.2) is 54.6 Å². The summed E-state index contributed by atoms with van der Waals surface area (Å²) in [5.74, 6) is 0.0553. The van der Waals surface area contributed by atoms with Crippen LogP contribution in [0.25, 0.3) is 0 Å². The van der Waals surface area contributed by atoms with Crippen LogP contribution in [0.2, 0.25) is 0 Å². The van der Waals surface area contributed by atoms with Gasteiger partial charge in [-0.15, -0.1) is 0 Å². The summed E-state index contributed by atoms with van der Waals surface area (Å²) < 4.78 is 5.44. The van der Waals surface area contributed by atoms with Gasteiger partial charge in [-0.1, -0.05) is 12.1 Å². The molecule has 2 saturated heterocycles. The van der Waals surface area contributed by atoms with E-state index in [-0.39, 0.29) is 22.6 Å². The summed E-state index contributed by atoms with van der Waals surface area (Å²) in [4.78, 5) is 26.8. The smallest absolute Gasteiger partial charge is 0.292 e. The maximum Gasteiger partial charge on any atom is 0.292 e. The van der Waals surface area contributed by atoms with Crippen molar-refractivity contribution in [2.24, 2.45) is 0 Å². The summed E-state index contributed by atoms with van der Waals surface area (Å²) in [6, 6.07) is 6.74. The predicted octanol–water partition coefficient (Wildman–Crippen LogP) is 1.42. The minimum atomic E-state index is -0.362. The van der Waals surface area contributed by atoms with E-state index >= 15 is 0 Å². The number of nitrogens with zero attached hydrogens (tertiary/aromatic N) is 3. The molecule has 7 nitrogen and oxygen atoms in total. The number of amides is 1. The summed E-state index contributed by atoms with van der Waals surface area (Å²) in [6.07, 6.45) is 1.44. The lowest BCUT2D eigenvalue weighted by molar-refractivity contribution is -0.384. The Balaban J connectivity index is 1.64. The normalized spacial score (nSPS) is 21.9. The molecule has 118 valence electrons. The van der Waals surface area contributed by atoms with E-state index in [4.69, 9.17) is 4.74 Å². The molecule has 2 aliphatic rings. The molecule has 3 rings (SSSR count). The molecule has 0 N–H and O–H groups in total. The molecule has 1 amide bonds. The maximum atomic E-state index is 12.3. The Morgan fingerprint density at radius 2 is 1.95 bits per heavy atom. The number of benzene rings is 1. The fourth-order valence-electron chi connectivity index (χ4n) is 3.03. The van der Waals surface area contributed by atoms with Crippen LogP contribution >= 0.6 is 0 Å². The molecular formula is C15H19N3O4. The van der Waals surface area contributed by atoms with E-state index in [1.165, 1.54) is 6.07 Å². The lowest BCUT2D eigenvalue weighted by atomic mass is 10.2. The van der Waals surface area contributed by atoms with Crippen LogP contribution in [-0.2, 0) is 9.53 Å². The molecule has 0 saturated carbocycles. The number of carbonyl (C=O) groups is 1. The summed E-state index contributed by atoms with van der Waals surface area (Å²) in [7, 11) is 0. The number of hydrogen-bond acceptors (Lipinski definition) is 5. The summed E-state index contributed by atoms with van der Waals surface area (Å²) in [5.41, 5.74) is 0.734. The van der Waals surface area contributed by atoms with Crippen molar-refractivity contribution in [3.8, 4) is 0 Å². The van der Waals surface area contributed by atoms with Crippen molar-refractivity contribution in [1.82, 2.24) is 4.90 Å². The van der Waals surface area contributed by atoms with Crippen molar-refractivity contribution in [2.45, 2.75) is 18.9 Å². The van der Waals surface area contributed by atoms with Gasteiger partial charge in [-0.3, -0.25) is 14.9 Å². The van der Waals surface area contributed by atoms with Crippen molar-refractivity contribution in [2.75, 3.05) is 37.7 Å². The fourth-order valence-corrected chi connectivity index (χ4v) is 3.03. The second kappa shape index (κ2) is 6.31. The largest absolute Gasteiger partial charge is 0.368 e. The highest BCUT2D eigenvalue weighted by Gasteiger charge is 2.31. The van der Waals surface area contributed by atoms with E-state index < -0.39 is 0 Å². The van der Waals surface area contributed by atoms with E-state index in [0.29, 0.717) is 38.5 Å². The van der Waals surface area contributed by atoms with Gasteiger partial charge in [0.15, 0.2) is 0 Å². The molecule has 22 heavy (non-hydrogen) atoms. The van der Waals surface area contributed by atoms with Gasteiger partial charge in [-0.2, -0.15) is 0 Å². The van der Waals surface area contributed by atoms with Gasteiger partial charge in [0, 0.05) is 38.9 Å². The van der Waals surface area contributed by atoms with Gasteiger partial charge < -0.3 is 14.5 Å². The maximum absolute atomic E-state index is 12.3. The lowest BCUT2D eigenvalue weighted by Gasteiger charge is -2.36. The third kappa shape index (κ3) is 2.89. The van der Waals surface area contributed by atoms with E-state index in [2.05, 4.69) is 0 Å². The topological polar surface area (TPSA) is 75.9 Å². The average molecular weight is 305 g/mol. The van der Waals surface area contributed by atoms with Gasteiger partial charge in [0.2, 0.25) is 0 Å². The first-order chi connectivity index (χ1) is 10.7. The SMILES string of the molecule is O=C(C1CCCO1)N1CCN(c2ccccc2[N+](=O)[O-])CC1. The number of nitro groups is 1. The molecule has 2 aliphatic heterocycles. The molecule has 0 radical (unpaired) electrons. The quantitative estimate of drug-likeness (QED) is 0.623. The summed E-state index contributed by atoms with van der Waals surface area (Å²) in [5, 5.41) is 11.1. The van der Waals surface area contributed by atoms with Crippen LogP contribution in [0.15, 0.2) is 24.3 Å². The van der Waals surface area contributed by atoms with Gasteiger partial charge in [-0.05, 0) is 18.9 Å². The first kappa shape index (κ1) is 14.8. The third-order valence-corrected chi connectivity index (χ3v) is 4.22. The molecule has 2 fully saturated rings. The van der Waals surface area contributed by atoms with Crippen LogP contribution in [0, 0.1) is 10.1 Å². The zero-order chi connectivity index (χ0) is 15.5. The van der Waals surface area contributed by atoms with Crippen LogP contribution in [0.3, 0.4) is 0 Å². The van der Waals surface area contributed by atoms with Gasteiger partial charge >= 0.3 is 0 Å². The summed E-state index contributed by atoms with van der Waals surface area (Å²) in [6.45, 7) is 3.01. The number of hydrogen-bond donors (Lipinski definition) is 0. The van der Waals surface area contributed by atoms with Crippen molar-refractivity contribution in [3.05, 3.63) is 34.4 Å². The Hall–Kier alpha value is -2.15. The highest BCUT2D eigenvalue weighted by molar-refractivity contribution is 5.81. The Bertz CT molecular complexity index is 564. The number of para-hydroxylation sites is 2. The Kier molecular flexibility index (Phi) is 4.24. The molecule has 1 aromatic carbocycles. The van der Waals surface area contributed by atoms with Gasteiger partial charge in [0.1, 0.15) is 11.8 Å². The molecule has 1 atom stereocenters. The monoisotopic (exact) mass is 305 g/mol. The van der Waals surface area contributed by atoms with Crippen LogP contribution < -0.4 is 4.90 Å². The second-order valence-electron chi connectivity index (χ2n) is 5.56. The van der Waals surface area contributed by atoms with Gasteiger partial charge in [0.05, 0.1) is 4.92 Å². The minimum Gasteiger partial charge on any atom is -0.368 e. The van der Waals surface area contributed by atoms with Crippen molar-refractivity contribution in [3.63, 3.8) is 0 Å². The molecule has 0 bridgehead atoms. The Morgan fingerprint density at radius 1 is 1.23 bits per heavy atom. The fraction of sp³-hybridized carbons (Fsp3) is 0.533. The highest BCUT2D eigenvalue weighted by atomic mass is 16.6. The zero-order valence-electron chi connectivity index (χ0n) is 12.3. The van der Waals surface area contributed by atoms with Gasteiger partial charge in [0.25, 0.3) is 11.6 Å². The number of ether oxygens (including phenoxy) is 1. The van der Waals surface area contributed by atoms with Crippen LogP contribution in [0.1, 0.15) is 12.8 Å². The molecule has 2 heterocycles. The number of nitro benzene ring substituents is 1. The highest BCUT2D eigenvalue weighted by Crippen LogP contribution is 2.28. The third-order valence-electron chi connectivity index (χ3n) is 4.22. The van der Waals surface area contributed by atoms with E-state index in [1.54, 1.807) is 23.1 Å². The first-order valence-corrected chi connectivity index (χ1v) is 7.55. The number of piperazine rings is 1. The lowest BCUT2D eigenvalue weighted by Crippen LogP contribution is -2.51. The van der Waals surface area contributed by atoms with Crippen molar-refractivity contribution < 1.29 is 14.5 Å². The molecule has 7 heteroatoms. The first-order valence-electron chi connectivity index (χ1n) is 7.55. The molecular weight excluding hydrogens is 286 g/mol. The average Bonchev–Trinajstić information content (AvgIpc) is 3.09. The van der Waals surface area contributed by atoms with Crippen molar-refractivity contribution >= 4 is 17.3 Å². The molecule has 0 spiro atoms. The molecule has 0 aliphatic carbocycles. The zero-order valence-corrected chi connectivity index (χ0v) is 12.3. The number of carbonyl (C=O) groups excluding carboxylic acids is 1. The minimum absolute atomic E-state index is 0.0553. The van der Waals surface area contributed by atoms with Gasteiger partial charge in [-0.25, -0.2) is 0 Å². The second-order valence-corrected chi connectivity index (χ2v) is 5.56. The van der Waals surface area contributed by atoms with E-state index in [0.717, 1.165) is 12.8 Å². The molecule has 0 aromatic heterocycles. The van der Waals surface area contributed by atoms with Crippen LogP contribution in [0.5, 0.6) is 0 Å². The molecule has 1 unspecified atom stereocenters. The van der Waals surface area contributed by atoms with Crippen LogP contribution in [0.4, 0.5) is 11.4 Å².